The second-order valence-corrected chi connectivity index (χ2v) is 5.89. The number of hydrogen-bond donors (Lipinski definition) is 1. The van der Waals surface area contributed by atoms with E-state index >= 15 is 0 Å². The number of rotatable bonds is 6. The zero-order valence-electron chi connectivity index (χ0n) is 14.0. The van der Waals surface area contributed by atoms with E-state index < -0.39 is 0 Å². The van der Waals surface area contributed by atoms with Gasteiger partial charge in [-0.25, -0.2) is 0 Å². The van der Waals surface area contributed by atoms with Crippen LogP contribution in [0.25, 0.3) is 0 Å². The number of likely N-dealkylation sites (tertiary alicyclic amines) is 1. The Morgan fingerprint density at radius 1 is 1.30 bits per heavy atom. The molecule has 5 heteroatoms. The molecule has 1 unspecified atom stereocenters. The summed E-state index contributed by atoms with van der Waals surface area (Å²) in [5, 5.41) is 2.78. The Kier molecular flexibility index (Phi) is 6.59. The van der Waals surface area contributed by atoms with Gasteiger partial charge in [0.25, 0.3) is 11.8 Å². The van der Waals surface area contributed by atoms with E-state index in [2.05, 4.69) is 12.2 Å². The molecule has 2 rings (SSSR count). The Bertz CT molecular complexity index is 545. The number of hydrogen-bond acceptors (Lipinski definition) is 3. The molecule has 1 fully saturated rings. The summed E-state index contributed by atoms with van der Waals surface area (Å²) in [6, 6.07) is 7.28. The van der Waals surface area contributed by atoms with Crippen molar-refractivity contribution in [2.24, 2.45) is 0 Å². The van der Waals surface area contributed by atoms with E-state index in [0.717, 1.165) is 25.8 Å². The second kappa shape index (κ2) is 8.67. The molecular weight excluding hydrogens is 292 g/mol. The molecule has 1 aliphatic heterocycles. The standard InChI is InChI=1S/C18H26N2O3/c1-3-16-9-4-5-11-20(16)18(22)15-8-6-7-14(13-15)17(21)19-10-12-23-2/h6-8,13,16H,3-5,9-12H2,1-2H3,(H,19,21). The van der Waals surface area contributed by atoms with Crippen molar-refractivity contribution in [1.29, 1.82) is 0 Å². The van der Waals surface area contributed by atoms with Crippen LogP contribution in [-0.2, 0) is 4.74 Å². The first-order valence-electron chi connectivity index (χ1n) is 8.35. The molecule has 1 heterocycles. The first kappa shape index (κ1) is 17.5. The topological polar surface area (TPSA) is 58.6 Å². The third-order valence-electron chi connectivity index (χ3n) is 4.32. The number of piperidine rings is 1. The maximum absolute atomic E-state index is 12.8. The summed E-state index contributed by atoms with van der Waals surface area (Å²) < 4.78 is 4.92. The van der Waals surface area contributed by atoms with E-state index in [9.17, 15) is 9.59 Å². The molecule has 126 valence electrons. The molecule has 0 saturated carbocycles. The van der Waals surface area contributed by atoms with E-state index in [1.165, 1.54) is 6.42 Å². The number of nitrogens with zero attached hydrogens (tertiary/aromatic N) is 1. The van der Waals surface area contributed by atoms with Gasteiger partial charge in [-0.05, 0) is 43.9 Å². The average Bonchev–Trinajstić information content (AvgIpc) is 2.61. The van der Waals surface area contributed by atoms with Crippen LogP contribution in [0, 0.1) is 0 Å². The van der Waals surface area contributed by atoms with Gasteiger partial charge >= 0.3 is 0 Å². The molecule has 0 spiro atoms. The van der Waals surface area contributed by atoms with Gasteiger partial charge in [0.2, 0.25) is 0 Å². The van der Waals surface area contributed by atoms with Crippen molar-refractivity contribution in [3.8, 4) is 0 Å². The SMILES string of the molecule is CCC1CCCCN1C(=O)c1cccc(C(=O)NCCOC)c1. The van der Waals surface area contributed by atoms with Crippen LogP contribution in [-0.4, -0.2) is 49.6 Å². The minimum absolute atomic E-state index is 0.0306. The molecule has 1 aliphatic rings. The number of nitrogens with one attached hydrogen (secondary N) is 1. The fourth-order valence-electron chi connectivity index (χ4n) is 3.02. The van der Waals surface area contributed by atoms with Gasteiger partial charge in [0.1, 0.15) is 0 Å². The van der Waals surface area contributed by atoms with E-state index in [4.69, 9.17) is 4.74 Å². The minimum atomic E-state index is -0.178. The summed E-state index contributed by atoms with van der Waals surface area (Å²) in [7, 11) is 1.59. The molecule has 1 aromatic rings. The van der Waals surface area contributed by atoms with Gasteiger partial charge in [-0.15, -0.1) is 0 Å². The van der Waals surface area contributed by atoms with Crippen molar-refractivity contribution < 1.29 is 14.3 Å². The van der Waals surface area contributed by atoms with Gasteiger partial charge < -0.3 is 15.0 Å². The summed E-state index contributed by atoms with van der Waals surface area (Å²) in [5.41, 5.74) is 1.10. The Labute approximate surface area is 138 Å². The molecular formula is C18H26N2O3. The van der Waals surface area contributed by atoms with Gasteiger partial charge in [0.05, 0.1) is 6.61 Å². The van der Waals surface area contributed by atoms with E-state index in [1.807, 2.05) is 4.90 Å². The molecule has 5 nitrogen and oxygen atoms in total. The lowest BCUT2D eigenvalue weighted by atomic mass is 9.98. The van der Waals surface area contributed by atoms with Gasteiger partial charge in [0.15, 0.2) is 0 Å². The van der Waals surface area contributed by atoms with Crippen LogP contribution in [0.4, 0.5) is 0 Å². The van der Waals surface area contributed by atoms with Crippen molar-refractivity contribution in [1.82, 2.24) is 10.2 Å². The van der Waals surface area contributed by atoms with Crippen LogP contribution >= 0.6 is 0 Å². The van der Waals surface area contributed by atoms with Crippen LogP contribution in [0.15, 0.2) is 24.3 Å². The fourth-order valence-corrected chi connectivity index (χ4v) is 3.02. The van der Waals surface area contributed by atoms with Gasteiger partial charge in [0, 0.05) is 37.4 Å². The predicted molar refractivity (Wildman–Crippen MR) is 89.6 cm³/mol. The molecule has 1 N–H and O–H groups in total. The van der Waals surface area contributed by atoms with Crippen molar-refractivity contribution >= 4 is 11.8 Å². The van der Waals surface area contributed by atoms with E-state index in [0.29, 0.717) is 30.3 Å². The van der Waals surface area contributed by atoms with Crippen molar-refractivity contribution in [3.63, 3.8) is 0 Å². The number of ether oxygens (including phenoxy) is 1. The molecule has 23 heavy (non-hydrogen) atoms. The van der Waals surface area contributed by atoms with Crippen LogP contribution in [0.3, 0.4) is 0 Å². The van der Waals surface area contributed by atoms with E-state index in [1.54, 1.807) is 31.4 Å². The molecule has 1 aromatic carbocycles. The summed E-state index contributed by atoms with van der Waals surface area (Å²) in [6.07, 6.45) is 4.28. The average molecular weight is 318 g/mol. The predicted octanol–water partition coefficient (Wildman–Crippen LogP) is 2.47. The Morgan fingerprint density at radius 3 is 2.83 bits per heavy atom. The normalized spacial score (nSPS) is 17.8. The number of amides is 2. The van der Waals surface area contributed by atoms with Gasteiger partial charge in [-0.1, -0.05) is 13.0 Å². The first-order chi connectivity index (χ1) is 11.2. The molecule has 1 atom stereocenters. The Balaban J connectivity index is 2.09. The van der Waals surface area contributed by atoms with Gasteiger partial charge in [-0.2, -0.15) is 0 Å². The van der Waals surface area contributed by atoms with Crippen LogP contribution < -0.4 is 5.32 Å². The van der Waals surface area contributed by atoms with Crippen molar-refractivity contribution in [2.75, 3.05) is 26.8 Å². The summed E-state index contributed by atoms with van der Waals surface area (Å²) in [6.45, 7) is 3.85. The Hall–Kier alpha value is -1.88. The third kappa shape index (κ3) is 4.55. The quantitative estimate of drug-likeness (QED) is 0.820. The monoisotopic (exact) mass is 318 g/mol. The summed E-state index contributed by atoms with van der Waals surface area (Å²) >= 11 is 0. The fraction of sp³-hybridized carbons (Fsp3) is 0.556. The van der Waals surface area contributed by atoms with E-state index in [-0.39, 0.29) is 11.8 Å². The van der Waals surface area contributed by atoms with Crippen LogP contribution in [0.2, 0.25) is 0 Å². The lowest BCUT2D eigenvalue weighted by molar-refractivity contribution is 0.0608. The highest BCUT2D eigenvalue weighted by Crippen LogP contribution is 2.22. The third-order valence-corrected chi connectivity index (χ3v) is 4.32. The number of benzene rings is 1. The summed E-state index contributed by atoms with van der Waals surface area (Å²) in [5.74, 6) is -0.148. The van der Waals surface area contributed by atoms with Crippen LogP contribution in [0.1, 0.15) is 53.3 Å². The zero-order chi connectivity index (χ0) is 16.7. The lowest BCUT2D eigenvalue weighted by Gasteiger charge is -2.35. The number of methoxy groups -OCH3 is 1. The highest BCUT2D eigenvalue weighted by atomic mass is 16.5. The minimum Gasteiger partial charge on any atom is -0.383 e. The zero-order valence-corrected chi connectivity index (χ0v) is 14.0. The number of carbonyl (C=O) groups is 2. The van der Waals surface area contributed by atoms with Gasteiger partial charge in [-0.3, -0.25) is 9.59 Å². The van der Waals surface area contributed by atoms with Crippen molar-refractivity contribution in [2.45, 2.75) is 38.6 Å². The maximum Gasteiger partial charge on any atom is 0.254 e. The first-order valence-corrected chi connectivity index (χ1v) is 8.35. The molecule has 1 saturated heterocycles. The lowest BCUT2D eigenvalue weighted by Crippen LogP contribution is -2.43. The summed E-state index contributed by atoms with van der Waals surface area (Å²) in [4.78, 5) is 26.8. The highest BCUT2D eigenvalue weighted by Gasteiger charge is 2.26. The Morgan fingerprint density at radius 2 is 2.09 bits per heavy atom. The molecule has 0 aromatic heterocycles. The molecule has 0 radical (unpaired) electrons. The molecule has 0 aliphatic carbocycles. The molecule has 2 amide bonds. The smallest absolute Gasteiger partial charge is 0.254 e. The largest absolute Gasteiger partial charge is 0.383 e. The highest BCUT2D eigenvalue weighted by molar-refractivity contribution is 5.99. The van der Waals surface area contributed by atoms with Crippen LogP contribution in [0.5, 0.6) is 0 Å². The second-order valence-electron chi connectivity index (χ2n) is 5.89. The number of carbonyl (C=O) groups excluding carboxylic acids is 2. The van der Waals surface area contributed by atoms with Crippen molar-refractivity contribution in [3.05, 3.63) is 35.4 Å². The maximum atomic E-state index is 12.8. The molecule has 0 bridgehead atoms.